The summed E-state index contributed by atoms with van der Waals surface area (Å²) >= 11 is 0. The average Bonchev–Trinajstić information content (AvgIpc) is 3.22. The van der Waals surface area contributed by atoms with E-state index in [4.69, 9.17) is 4.42 Å². The highest BCUT2D eigenvalue weighted by Gasteiger charge is 2.17. The van der Waals surface area contributed by atoms with Crippen molar-refractivity contribution in [2.45, 2.75) is 18.7 Å². The third-order valence-electron chi connectivity index (χ3n) is 4.76. The standard InChI is InChI=1S/C23H19FN4O4S/c1-14-6-11-20(15(2)12-14)22-26-27-23(32-22)25-21(29)16-4-3-5-18(13-16)28-33(30,31)19-9-7-17(24)8-10-19/h3-13,28H,1-2H3,(H,25,27,29). The van der Waals surface area contributed by atoms with Crippen LogP contribution < -0.4 is 10.0 Å². The van der Waals surface area contributed by atoms with E-state index < -0.39 is 21.7 Å². The van der Waals surface area contributed by atoms with Crippen LogP contribution in [0.15, 0.2) is 76.0 Å². The first-order valence-corrected chi connectivity index (χ1v) is 11.3. The van der Waals surface area contributed by atoms with Gasteiger partial charge in [0.1, 0.15) is 5.82 Å². The number of hydrogen-bond donors (Lipinski definition) is 2. The molecule has 0 atom stereocenters. The minimum atomic E-state index is -3.96. The molecule has 0 spiro atoms. The van der Waals surface area contributed by atoms with E-state index in [0.29, 0.717) is 0 Å². The van der Waals surface area contributed by atoms with E-state index in [1.165, 1.54) is 24.3 Å². The van der Waals surface area contributed by atoms with Crippen molar-refractivity contribution in [2.75, 3.05) is 10.0 Å². The number of aryl methyl sites for hydroxylation is 2. The summed E-state index contributed by atoms with van der Waals surface area (Å²) in [5.74, 6) is -0.841. The summed E-state index contributed by atoms with van der Waals surface area (Å²) in [6.07, 6.45) is 0. The molecule has 0 radical (unpaired) electrons. The molecular formula is C23H19FN4O4S. The molecular weight excluding hydrogens is 447 g/mol. The third-order valence-corrected chi connectivity index (χ3v) is 6.16. The van der Waals surface area contributed by atoms with Crippen LogP contribution in [0, 0.1) is 19.7 Å². The molecule has 0 aliphatic carbocycles. The number of halogens is 1. The maximum absolute atomic E-state index is 13.1. The first-order valence-electron chi connectivity index (χ1n) is 9.82. The van der Waals surface area contributed by atoms with Crippen LogP contribution in [-0.4, -0.2) is 24.5 Å². The van der Waals surface area contributed by atoms with Crippen LogP contribution in [0.4, 0.5) is 16.1 Å². The summed E-state index contributed by atoms with van der Waals surface area (Å²) in [5.41, 5.74) is 3.14. The summed E-state index contributed by atoms with van der Waals surface area (Å²) in [7, 11) is -3.96. The lowest BCUT2D eigenvalue weighted by atomic mass is 10.1. The van der Waals surface area contributed by atoms with Crippen molar-refractivity contribution in [3.05, 3.63) is 89.2 Å². The second-order valence-corrected chi connectivity index (χ2v) is 9.01. The number of nitrogens with zero attached hydrogens (tertiary/aromatic N) is 2. The fraction of sp³-hybridized carbons (Fsp3) is 0.0870. The van der Waals surface area contributed by atoms with E-state index >= 15 is 0 Å². The van der Waals surface area contributed by atoms with Crippen molar-refractivity contribution in [2.24, 2.45) is 0 Å². The van der Waals surface area contributed by atoms with Gasteiger partial charge in [0.05, 0.1) is 4.90 Å². The van der Waals surface area contributed by atoms with Crippen LogP contribution in [0.1, 0.15) is 21.5 Å². The molecule has 1 amide bonds. The predicted molar refractivity (Wildman–Crippen MR) is 121 cm³/mol. The maximum atomic E-state index is 13.1. The van der Waals surface area contributed by atoms with E-state index in [-0.39, 0.29) is 28.1 Å². The Hall–Kier alpha value is -4.05. The molecule has 8 nitrogen and oxygen atoms in total. The number of benzene rings is 3. The molecule has 0 aliphatic heterocycles. The molecule has 0 saturated carbocycles. The Kier molecular flexibility index (Phi) is 5.93. The van der Waals surface area contributed by atoms with E-state index in [2.05, 4.69) is 20.2 Å². The highest BCUT2D eigenvalue weighted by atomic mass is 32.2. The molecule has 33 heavy (non-hydrogen) atoms. The molecule has 1 aromatic heterocycles. The SMILES string of the molecule is Cc1ccc(-c2nnc(NC(=O)c3cccc(NS(=O)(=O)c4ccc(F)cc4)c3)o2)c(C)c1. The molecule has 4 rings (SSSR count). The lowest BCUT2D eigenvalue weighted by Crippen LogP contribution is -2.15. The normalized spacial score (nSPS) is 11.2. The van der Waals surface area contributed by atoms with Crippen molar-refractivity contribution in [3.63, 3.8) is 0 Å². The quantitative estimate of drug-likeness (QED) is 0.431. The van der Waals surface area contributed by atoms with Gasteiger partial charge < -0.3 is 4.42 Å². The molecule has 1 heterocycles. The number of anilines is 2. The van der Waals surface area contributed by atoms with E-state index in [0.717, 1.165) is 41.0 Å². The predicted octanol–water partition coefficient (Wildman–Crippen LogP) is 4.55. The number of sulfonamides is 1. The van der Waals surface area contributed by atoms with Gasteiger partial charge in [-0.2, -0.15) is 0 Å². The van der Waals surface area contributed by atoms with Crippen LogP contribution in [0.2, 0.25) is 0 Å². The molecule has 0 unspecified atom stereocenters. The molecule has 168 valence electrons. The molecule has 3 aromatic carbocycles. The zero-order valence-electron chi connectivity index (χ0n) is 17.7. The van der Waals surface area contributed by atoms with Crippen LogP contribution in [0.25, 0.3) is 11.5 Å². The molecule has 10 heteroatoms. The number of carbonyl (C=O) groups excluding carboxylic acids is 1. The summed E-state index contributed by atoms with van der Waals surface area (Å²) in [4.78, 5) is 12.5. The minimum Gasteiger partial charge on any atom is -0.403 e. The molecule has 2 N–H and O–H groups in total. The fourth-order valence-corrected chi connectivity index (χ4v) is 4.21. The summed E-state index contributed by atoms with van der Waals surface area (Å²) in [5, 5.41) is 10.3. The monoisotopic (exact) mass is 466 g/mol. The van der Waals surface area contributed by atoms with Crippen molar-refractivity contribution >= 4 is 27.6 Å². The number of nitrogens with one attached hydrogen (secondary N) is 2. The topological polar surface area (TPSA) is 114 Å². The number of carbonyl (C=O) groups is 1. The Morgan fingerprint density at radius 3 is 2.45 bits per heavy atom. The van der Waals surface area contributed by atoms with E-state index in [9.17, 15) is 17.6 Å². The summed E-state index contributed by atoms with van der Waals surface area (Å²) in [6.45, 7) is 3.90. The average molecular weight is 466 g/mol. The zero-order valence-corrected chi connectivity index (χ0v) is 18.5. The van der Waals surface area contributed by atoms with Gasteiger partial charge in [-0.25, -0.2) is 12.8 Å². The van der Waals surface area contributed by atoms with Crippen LogP contribution >= 0.6 is 0 Å². The smallest absolute Gasteiger partial charge is 0.322 e. The highest BCUT2D eigenvalue weighted by Crippen LogP contribution is 2.25. The summed E-state index contributed by atoms with van der Waals surface area (Å²) in [6, 6.07) is 15.9. The van der Waals surface area contributed by atoms with Gasteiger partial charge in [-0.05, 0) is 67.9 Å². The van der Waals surface area contributed by atoms with Gasteiger partial charge in [0.25, 0.3) is 15.9 Å². The molecule has 0 saturated heterocycles. The first-order chi connectivity index (χ1) is 15.7. The van der Waals surface area contributed by atoms with Gasteiger partial charge in [0.2, 0.25) is 5.89 Å². The van der Waals surface area contributed by atoms with Gasteiger partial charge in [0, 0.05) is 16.8 Å². The van der Waals surface area contributed by atoms with Gasteiger partial charge in [0.15, 0.2) is 0 Å². The molecule has 0 bridgehead atoms. The van der Waals surface area contributed by atoms with Crippen LogP contribution in [-0.2, 0) is 10.0 Å². The Morgan fingerprint density at radius 2 is 1.73 bits per heavy atom. The minimum absolute atomic E-state index is 0.0905. The van der Waals surface area contributed by atoms with Crippen molar-refractivity contribution in [3.8, 4) is 11.5 Å². The number of rotatable bonds is 6. The van der Waals surface area contributed by atoms with Crippen LogP contribution in [0.5, 0.6) is 0 Å². The molecule has 0 aliphatic rings. The Bertz CT molecular complexity index is 1430. The van der Waals surface area contributed by atoms with E-state index in [1.54, 1.807) is 0 Å². The van der Waals surface area contributed by atoms with E-state index in [1.807, 2.05) is 32.0 Å². The highest BCUT2D eigenvalue weighted by molar-refractivity contribution is 7.92. The summed E-state index contributed by atoms with van der Waals surface area (Å²) < 4.78 is 46.0. The van der Waals surface area contributed by atoms with Crippen molar-refractivity contribution in [1.29, 1.82) is 0 Å². The molecule has 0 fully saturated rings. The van der Waals surface area contributed by atoms with Gasteiger partial charge >= 0.3 is 6.01 Å². The largest absolute Gasteiger partial charge is 0.403 e. The fourth-order valence-electron chi connectivity index (χ4n) is 3.16. The van der Waals surface area contributed by atoms with Gasteiger partial charge in [-0.15, -0.1) is 5.10 Å². The zero-order chi connectivity index (χ0) is 23.6. The van der Waals surface area contributed by atoms with Crippen molar-refractivity contribution in [1.82, 2.24) is 10.2 Å². The Labute approximate surface area is 189 Å². The van der Waals surface area contributed by atoms with Crippen LogP contribution in [0.3, 0.4) is 0 Å². The number of aromatic nitrogens is 2. The lowest BCUT2D eigenvalue weighted by molar-refractivity contribution is 0.102. The maximum Gasteiger partial charge on any atom is 0.322 e. The number of amides is 1. The second-order valence-electron chi connectivity index (χ2n) is 7.33. The van der Waals surface area contributed by atoms with Crippen molar-refractivity contribution < 1.29 is 22.0 Å². The van der Waals surface area contributed by atoms with Gasteiger partial charge in [-0.1, -0.05) is 28.9 Å². The Morgan fingerprint density at radius 1 is 0.970 bits per heavy atom. The lowest BCUT2D eigenvalue weighted by Gasteiger charge is -2.09. The number of hydrogen-bond acceptors (Lipinski definition) is 6. The first kappa shape index (κ1) is 22.2. The third kappa shape index (κ3) is 5.07. The molecule has 4 aromatic rings. The second kappa shape index (κ2) is 8.83. The Balaban J connectivity index is 1.49. The van der Waals surface area contributed by atoms with Gasteiger partial charge in [-0.3, -0.25) is 14.8 Å².